The van der Waals surface area contributed by atoms with Crippen molar-refractivity contribution < 1.29 is 34.1 Å². The van der Waals surface area contributed by atoms with E-state index in [1.54, 1.807) is 0 Å². The van der Waals surface area contributed by atoms with Crippen LogP contribution in [0.4, 0.5) is 0 Å². The van der Waals surface area contributed by atoms with Crippen LogP contribution in [0.1, 0.15) is 264 Å². The minimum Gasteiger partial charge on any atom is -0.480 e. The van der Waals surface area contributed by atoms with Crippen LogP contribution in [0.5, 0.6) is 0 Å². The van der Waals surface area contributed by atoms with Crippen molar-refractivity contribution in [1.82, 2.24) is 10.6 Å². The van der Waals surface area contributed by atoms with Crippen LogP contribution in [0.3, 0.4) is 0 Å². The van der Waals surface area contributed by atoms with Gasteiger partial charge in [-0.1, -0.05) is 199 Å². The maximum absolute atomic E-state index is 12.9. The number of allylic oxidation sites excluding steroid dienone is 2. The Morgan fingerprint density at radius 2 is 0.850 bits per heavy atom. The smallest absolute Gasteiger partial charge is 0.328 e. The molecule has 0 fully saturated rings. The Labute approximate surface area is 369 Å². The van der Waals surface area contributed by atoms with Gasteiger partial charge in [0, 0.05) is 12.8 Å². The Morgan fingerprint density at radius 3 is 1.27 bits per heavy atom. The number of esters is 1. The van der Waals surface area contributed by atoms with E-state index in [9.17, 15) is 19.2 Å². The normalized spacial score (nSPS) is 12.4. The topological polar surface area (TPSA) is 142 Å². The Kier molecular flexibility index (Phi) is 44.2. The highest BCUT2D eigenvalue weighted by Gasteiger charge is 2.19. The molecule has 0 spiro atoms. The molecule has 9 nitrogen and oxygen atoms in total. The molecule has 9 heteroatoms. The van der Waals surface area contributed by atoms with Crippen LogP contribution in [0.2, 0.25) is 0 Å². The zero-order valence-electron chi connectivity index (χ0n) is 39.2. The number of aliphatic hydroxyl groups is 1. The van der Waals surface area contributed by atoms with E-state index >= 15 is 0 Å². The van der Waals surface area contributed by atoms with E-state index in [2.05, 4.69) is 36.6 Å². The zero-order chi connectivity index (χ0) is 44.0. The highest BCUT2D eigenvalue weighted by molar-refractivity contribution is 5.87. The molecule has 0 aliphatic heterocycles. The number of aliphatic hydroxyl groups excluding tert-OH is 1. The third-order valence-electron chi connectivity index (χ3n) is 11.8. The van der Waals surface area contributed by atoms with Gasteiger partial charge in [0.2, 0.25) is 11.8 Å². The second-order valence-corrected chi connectivity index (χ2v) is 17.6. The van der Waals surface area contributed by atoms with E-state index in [-0.39, 0.29) is 24.5 Å². The van der Waals surface area contributed by atoms with E-state index < -0.39 is 24.5 Å². The molecule has 0 saturated heterocycles. The van der Waals surface area contributed by atoms with Gasteiger partial charge in [0.15, 0.2) is 0 Å². The lowest BCUT2D eigenvalue weighted by atomic mass is 10.0. The Morgan fingerprint density at radius 1 is 0.483 bits per heavy atom. The van der Waals surface area contributed by atoms with Crippen molar-refractivity contribution in [2.24, 2.45) is 0 Å². The number of nitrogens with one attached hydrogen (secondary N) is 2. The van der Waals surface area contributed by atoms with Crippen LogP contribution in [0.25, 0.3) is 0 Å². The molecule has 0 saturated carbocycles. The zero-order valence-corrected chi connectivity index (χ0v) is 39.2. The molecular weight excluding hydrogens is 753 g/mol. The number of carboxylic acid groups (broad SMARTS) is 1. The van der Waals surface area contributed by atoms with E-state index in [0.29, 0.717) is 19.3 Å². The predicted molar refractivity (Wildman–Crippen MR) is 250 cm³/mol. The van der Waals surface area contributed by atoms with E-state index in [0.717, 1.165) is 70.6 Å². The van der Waals surface area contributed by atoms with Crippen LogP contribution in [0.15, 0.2) is 12.2 Å². The van der Waals surface area contributed by atoms with Crippen LogP contribution in [-0.4, -0.2) is 59.3 Å². The highest BCUT2D eigenvalue weighted by Crippen LogP contribution is 2.19. The molecule has 2 atom stereocenters. The van der Waals surface area contributed by atoms with Gasteiger partial charge in [-0.3, -0.25) is 14.4 Å². The number of rotatable bonds is 47. The number of amides is 2. The molecule has 0 aliphatic carbocycles. The summed E-state index contributed by atoms with van der Waals surface area (Å²) in [6, 6.07) is -1.38. The third kappa shape index (κ3) is 42.3. The summed E-state index contributed by atoms with van der Waals surface area (Å²) < 4.78 is 6.06. The van der Waals surface area contributed by atoms with Gasteiger partial charge in [0.25, 0.3) is 0 Å². The van der Waals surface area contributed by atoms with Crippen molar-refractivity contribution in [2.45, 2.75) is 276 Å². The number of unbranched alkanes of at least 4 members (excludes halogenated alkanes) is 31. The van der Waals surface area contributed by atoms with Crippen LogP contribution in [-0.2, 0) is 23.9 Å². The van der Waals surface area contributed by atoms with Gasteiger partial charge in [0.1, 0.15) is 12.1 Å². The molecule has 4 N–H and O–H groups in total. The van der Waals surface area contributed by atoms with Gasteiger partial charge in [0.05, 0.1) is 13.2 Å². The molecule has 0 radical (unpaired) electrons. The van der Waals surface area contributed by atoms with Crippen LogP contribution < -0.4 is 10.6 Å². The first-order chi connectivity index (χ1) is 29.3. The summed E-state index contributed by atoms with van der Waals surface area (Å²) in [6.45, 7) is 3.52. The molecule has 352 valence electrons. The number of ether oxygens (including phenoxy) is 1. The summed E-state index contributed by atoms with van der Waals surface area (Å²) in [5, 5.41) is 22.6. The summed E-state index contributed by atoms with van der Waals surface area (Å²) in [7, 11) is 0. The molecule has 0 aromatic rings. The molecule has 0 aliphatic rings. The van der Waals surface area contributed by atoms with E-state index in [4.69, 9.17) is 14.9 Å². The number of hydrogen-bond donors (Lipinski definition) is 4. The molecular formula is C51H96N2O7. The lowest BCUT2D eigenvalue weighted by Gasteiger charge is -2.18. The van der Waals surface area contributed by atoms with Gasteiger partial charge in [-0.25, -0.2) is 4.79 Å². The SMILES string of the molecule is CCCCCCCCCC/C=C\CCCCCC(CCCCCCCC(=O)NCC(=O)NC(CO)C(=O)O)OC(=O)CCCCCCCCCCCCCCCCCCC. The van der Waals surface area contributed by atoms with Crippen molar-refractivity contribution in [2.75, 3.05) is 13.2 Å². The van der Waals surface area contributed by atoms with Crippen molar-refractivity contribution in [3.8, 4) is 0 Å². The fraction of sp³-hybridized carbons (Fsp3) is 0.882. The van der Waals surface area contributed by atoms with Gasteiger partial charge in [-0.05, 0) is 64.2 Å². The van der Waals surface area contributed by atoms with Crippen LogP contribution in [0, 0.1) is 0 Å². The molecule has 0 heterocycles. The highest BCUT2D eigenvalue weighted by atomic mass is 16.5. The first kappa shape index (κ1) is 57.6. The minimum atomic E-state index is -1.38. The van der Waals surface area contributed by atoms with Gasteiger partial charge in [-0.15, -0.1) is 0 Å². The van der Waals surface area contributed by atoms with Gasteiger partial charge >= 0.3 is 11.9 Å². The number of carboxylic acids is 1. The first-order valence-electron chi connectivity index (χ1n) is 25.6. The Balaban J connectivity index is 4.29. The minimum absolute atomic E-state index is 0.0238. The summed E-state index contributed by atoms with van der Waals surface area (Å²) in [5.41, 5.74) is 0. The largest absolute Gasteiger partial charge is 0.480 e. The second kappa shape index (κ2) is 46.1. The molecule has 0 rings (SSSR count). The molecule has 60 heavy (non-hydrogen) atoms. The van der Waals surface area contributed by atoms with Gasteiger partial charge in [-0.2, -0.15) is 0 Å². The fourth-order valence-corrected chi connectivity index (χ4v) is 7.83. The van der Waals surface area contributed by atoms with E-state index in [1.807, 2.05) is 0 Å². The van der Waals surface area contributed by atoms with Gasteiger partial charge < -0.3 is 25.6 Å². The quantitative estimate of drug-likeness (QED) is 0.0271. The Hall–Kier alpha value is -2.42. The summed E-state index contributed by atoms with van der Waals surface area (Å²) >= 11 is 0. The third-order valence-corrected chi connectivity index (χ3v) is 11.8. The monoisotopic (exact) mass is 849 g/mol. The molecule has 2 unspecified atom stereocenters. The number of carbonyl (C=O) groups excluding carboxylic acids is 3. The first-order valence-corrected chi connectivity index (χ1v) is 25.6. The van der Waals surface area contributed by atoms with Crippen molar-refractivity contribution in [3.63, 3.8) is 0 Å². The summed E-state index contributed by atoms with van der Waals surface area (Å²) in [5.74, 6) is -2.28. The fourth-order valence-electron chi connectivity index (χ4n) is 7.83. The average Bonchev–Trinajstić information content (AvgIpc) is 3.23. The van der Waals surface area contributed by atoms with E-state index in [1.165, 1.54) is 161 Å². The van der Waals surface area contributed by atoms with Crippen LogP contribution >= 0.6 is 0 Å². The summed E-state index contributed by atoms with van der Waals surface area (Å²) in [4.78, 5) is 47.8. The molecule has 0 aromatic carbocycles. The summed E-state index contributed by atoms with van der Waals surface area (Å²) in [6.07, 6.45) is 51.0. The lowest BCUT2D eigenvalue weighted by molar-refractivity contribution is -0.150. The number of hydrogen-bond acceptors (Lipinski definition) is 6. The molecule has 2 amide bonds. The second-order valence-electron chi connectivity index (χ2n) is 17.6. The maximum Gasteiger partial charge on any atom is 0.328 e. The maximum atomic E-state index is 12.9. The predicted octanol–water partition coefficient (Wildman–Crippen LogP) is 13.4. The molecule has 0 bridgehead atoms. The number of aliphatic carboxylic acids is 1. The Bertz CT molecular complexity index is 1020. The van der Waals surface area contributed by atoms with Crippen molar-refractivity contribution >= 4 is 23.8 Å². The average molecular weight is 849 g/mol. The van der Waals surface area contributed by atoms with Crippen molar-refractivity contribution in [3.05, 3.63) is 12.2 Å². The number of carbonyl (C=O) groups is 4. The molecule has 0 aromatic heterocycles. The standard InChI is InChI=1S/C51H96N2O7/c1-3-5-7-9-11-13-15-17-19-20-22-24-26-28-30-35-39-43-50(57)60-46(40-36-32-29-27-25-23-21-18-16-14-12-10-8-6-4-2)41-37-33-31-34-38-42-48(55)52-44-49(56)53-47(45-54)51(58)59/h23,25,46-47,54H,3-22,24,26-45H2,1-2H3,(H,52,55)(H,53,56)(H,58,59)/b25-23-. The lowest BCUT2D eigenvalue weighted by Crippen LogP contribution is -2.47. The van der Waals surface area contributed by atoms with Crippen molar-refractivity contribution in [1.29, 1.82) is 0 Å².